The SMILES string of the molecule is CNc1nc(NN2C(C)CCCC2C)c2cc(C)sc2n1. The largest absolute Gasteiger partial charge is 0.357 e. The van der Waals surface area contributed by atoms with Gasteiger partial charge in [0.05, 0.1) is 5.39 Å². The molecular formula is C15H23N5S. The van der Waals surface area contributed by atoms with Gasteiger partial charge in [0.1, 0.15) is 4.83 Å². The van der Waals surface area contributed by atoms with E-state index in [9.17, 15) is 0 Å². The van der Waals surface area contributed by atoms with Gasteiger partial charge in [-0.25, -0.2) is 9.99 Å². The van der Waals surface area contributed by atoms with E-state index in [0.29, 0.717) is 18.0 Å². The lowest BCUT2D eigenvalue weighted by molar-refractivity contribution is 0.135. The van der Waals surface area contributed by atoms with Gasteiger partial charge in [-0.05, 0) is 39.7 Å². The Morgan fingerprint density at radius 2 is 1.95 bits per heavy atom. The molecule has 21 heavy (non-hydrogen) atoms. The zero-order chi connectivity index (χ0) is 15.0. The Morgan fingerprint density at radius 1 is 1.24 bits per heavy atom. The van der Waals surface area contributed by atoms with Crippen molar-refractivity contribution in [1.82, 2.24) is 15.0 Å². The first-order chi connectivity index (χ1) is 10.1. The molecule has 0 spiro atoms. The van der Waals surface area contributed by atoms with Gasteiger partial charge in [-0.1, -0.05) is 6.42 Å². The molecule has 0 aromatic carbocycles. The molecule has 2 aromatic heterocycles. The summed E-state index contributed by atoms with van der Waals surface area (Å²) in [5.41, 5.74) is 3.56. The molecule has 0 amide bonds. The second-order valence-corrected chi connectivity index (χ2v) is 7.10. The molecule has 3 rings (SSSR count). The van der Waals surface area contributed by atoms with Crippen molar-refractivity contribution in [1.29, 1.82) is 0 Å². The summed E-state index contributed by atoms with van der Waals surface area (Å²) in [5.74, 6) is 1.58. The highest BCUT2D eigenvalue weighted by molar-refractivity contribution is 7.18. The van der Waals surface area contributed by atoms with Gasteiger partial charge in [-0.2, -0.15) is 4.98 Å². The number of thiophene rings is 1. The van der Waals surface area contributed by atoms with Gasteiger partial charge in [-0.3, -0.25) is 0 Å². The maximum Gasteiger partial charge on any atom is 0.225 e. The van der Waals surface area contributed by atoms with E-state index in [1.54, 1.807) is 11.3 Å². The fraction of sp³-hybridized carbons (Fsp3) is 0.600. The molecule has 1 fully saturated rings. The van der Waals surface area contributed by atoms with Gasteiger partial charge < -0.3 is 10.7 Å². The first-order valence-corrected chi connectivity index (χ1v) is 8.41. The van der Waals surface area contributed by atoms with Crippen LogP contribution in [-0.2, 0) is 0 Å². The lowest BCUT2D eigenvalue weighted by atomic mass is 10.00. The van der Waals surface area contributed by atoms with Gasteiger partial charge in [0.25, 0.3) is 0 Å². The van der Waals surface area contributed by atoms with Crippen LogP contribution in [0.3, 0.4) is 0 Å². The molecule has 1 aliphatic heterocycles. The van der Waals surface area contributed by atoms with Crippen LogP contribution in [0.1, 0.15) is 38.0 Å². The first-order valence-electron chi connectivity index (χ1n) is 7.59. The van der Waals surface area contributed by atoms with E-state index < -0.39 is 0 Å². The standard InChI is InChI=1S/C15H23N5S/c1-9-6-5-7-10(2)20(9)19-13-12-8-11(3)21-14(12)18-15(16-4)17-13/h8-10H,5-7H2,1-4H3,(H2,16,17,18,19). The van der Waals surface area contributed by atoms with Gasteiger partial charge in [-0.15, -0.1) is 11.3 Å². The van der Waals surface area contributed by atoms with Crippen LogP contribution in [0, 0.1) is 6.92 Å². The first kappa shape index (κ1) is 14.5. The maximum atomic E-state index is 4.63. The minimum absolute atomic E-state index is 0.525. The summed E-state index contributed by atoms with van der Waals surface area (Å²) in [5, 5.41) is 6.51. The summed E-state index contributed by atoms with van der Waals surface area (Å²) in [6.45, 7) is 6.67. The zero-order valence-corrected chi connectivity index (χ0v) is 13.9. The molecule has 2 unspecified atom stereocenters. The monoisotopic (exact) mass is 305 g/mol. The Morgan fingerprint density at radius 3 is 2.62 bits per heavy atom. The fourth-order valence-corrected chi connectivity index (χ4v) is 3.88. The third-order valence-corrected chi connectivity index (χ3v) is 5.11. The Labute approximate surface area is 129 Å². The second-order valence-electron chi connectivity index (χ2n) is 5.87. The Balaban J connectivity index is 1.98. The molecule has 6 heteroatoms. The van der Waals surface area contributed by atoms with Crippen LogP contribution in [0.2, 0.25) is 0 Å². The van der Waals surface area contributed by atoms with E-state index in [4.69, 9.17) is 0 Å². The topological polar surface area (TPSA) is 53.1 Å². The molecule has 3 heterocycles. The van der Waals surface area contributed by atoms with Crippen molar-refractivity contribution < 1.29 is 0 Å². The van der Waals surface area contributed by atoms with E-state index in [1.807, 2.05) is 7.05 Å². The molecule has 114 valence electrons. The molecule has 2 aromatic rings. The number of fused-ring (bicyclic) bond motifs is 1. The zero-order valence-electron chi connectivity index (χ0n) is 13.1. The lowest BCUT2D eigenvalue weighted by Crippen LogP contribution is -2.47. The number of rotatable bonds is 3. The van der Waals surface area contributed by atoms with E-state index in [1.165, 1.54) is 24.1 Å². The Kier molecular flexibility index (Phi) is 3.99. The molecule has 0 saturated carbocycles. The minimum Gasteiger partial charge on any atom is -0.357 e. The van der Waals surface area contributed by atoms with Gasteiger partial charge in [0.2, 0.25) is 5.95 Å². The van der Waals surface area contributed by atoms with Crippen molar-refractivity contribution in [2.75, 3.05) is 17.8 Å². The molecule has 0 radical (unpaired) electrons. The molecule has 2 N–H and O–H groups in total. The van der Waals surface area contributed by atoms with Crippen LogP contribution in [0.5, 0.6) is 0 Å². The average Bonchev–Trinajstić information content (AvgIpc) is 2.83. The normalized spacial score (nSPS) is 23.4. The van der Waals surface area contributed by atoms with Gasteiger partial charge in [0.15, 0.2) is 5.82 Å². The molecule has 0 bridgehead atoms. The van der Waals surface area contributed by atoms with E-state index in [-0.39, 0.29) is 0 Å². The van der Waals surface area contributed by atoms with Crippen molar-refractivity contribution >= 4 is 33.3 Å². The predicted octanol–water partition coefficient (Wildman–Crippen LogP) is 3.63. The summed E-state index contributed by atoms with van der Waals surface area (Å²) < 4.78 is 0. The fourth-order valence-electron chi connectivity index (χ4n) is 3.00. The maximum absolute atomic E-state index is 4.63. The second kappa shape index (κ2) is 5.77. The summed E-state index contributed by atoms with van der Waals surface area (Å²) >= 11 is 1.71. The highest BCUT2D eigenvalue weighted by Gasteiger charge is 2.26. The number of piperidine rings is 1. The van der Waals surface area contributed by atoms with Crippen molar-refractivity contribution in [3.05, 3.63) is 10.9 Å². The number of nitrogens with one attached hydrogen (secondary N) is 2. The number of hydrazine groups is 1. The summed E-state index contributed by atoms with van der Waals surface area (Å²) in [6.07, 6.45) is 3.76. The van der Waals surface area contributed by atoms with Gasteiger partial charge in [0, 0.05) is 24.0 Å². The molecule has 1 aliphatic rings. The van der Waals surface area contributed by atoms with Crippen molar-refractivity contribution in [3.63, 3.8) is 0 Å². The number of hydrogen-bond donors (Lipinski definition) is 2. The van der Waals surface area contributed by atoms with Crippen molar-refractivity contribution in [3.8, 4) is 0 Å². The summed E-state index contributed by atoms with van der Waals surface area (Å²) in [4.78, 5) is 11.5. The van der Waals surface area contributed by atoms with Gasteiger partial charge >= 0.3 is 0 Å². The predicted molar refractivity (Wildman–Crippen MR) is 89.9 cm³/mol. The Bertz CT molecular complexity index is 628. The number of aromatic nitrogens is 2. The number of hydrogen-bond acceptors (Lipinski definition) is 6. The number of anilines is 2. The quantitative estimate of drug-likeness (QED) is 0.907. The molecular weight excluding hydrogens is 282 g/mol. The van der Waals surface area contributed by atoms with Crippen LogP contribution in [-0.4, -0.2) is 34.1 Å². The van der Waals surface area contributed by atoms with E-state index in [0.717, 1.165) is 16.0 Å². The van der Waals surface area contributed by atoms with Crippen LogP contribution < -0.4 is 10.7 Å². The molecule has 0 aliphatic carbocycles. The number of aryl methyl sites for hydroxylation is 1. The molecule has 1 saturated heterocycles. The van der Waals surface area contributed by atoms with E-state index in [2.05, 4.69) is 52.6 Å². The molecule has 5 nitrogen and oxygen atoms in total. The van der Waals surface area contributed by atoms with Crippen LogP contribution in [0.15, 0.2) is 6.07 Å². The average molecular weight is 305 g/mol. The Hall–Kier alpha value is -1.40. The molecule has 2 atom stereocenters. The third-order valence-electron chi connectivity index (χ3n) is 4.17. The highest BCUT2D eigenvalue weighted by atomic mass is 32.1. The van der Waals surface area contributed by atoms with Crippen molar-refractivity contribution in [2.45, 2.75) is 52.1 Å². The van der Waals surface area contributed by atoms with E-state index >= 15 is 0 Å². The highest BCUT2D eigenvalue weighted by Crippen LogP contribution is 2.31. The number of nitrogens with zero attached hydrogens (tertiary/aromatic N) is 3. The van der Waals surface area contributed by atoms with Crippen LogP contribution in [0.4, 0.5) is 11.8 Å². The van der Waals surface area contributed by atoms with Crippen molar-refractivity contribution in [2.24, 2.45) is 0 Å². The summed E-state index contributed by atoms with van der Waals surface area (Å²) in [7, 11) is 1.86. The lowest BCUT2D eigenvalue weighted by Gasteiger charge is -2.39. The van der Waals surface area contributed by atoms with Crippen LogP contribution in [0.25, 0.3) is 10.2 Å². The van der Waals surface area contributed by atoms with Crippen LogP contribution >= 0.6 is 11.3 Å². The third kappa shape index (κ3) is 2.82. The smallest absolute Gasteiger partial charge is 0.225 e. The summed E-state index contributed by atoms with van der Waals surface area (Å²) in [6, 6.07) is 3.22. The minimum atomic E-state index is 0.525.